The van der Waals surface area contributed by atoms with E-state index in [-0.39, 0.29) is 10.0 Å². The Kier molecular flexibility index (Phi) is 4.85. The molecule has 0 aliphatic rings. The van der Waals surface area contributed by atoms with Gasteiger partial charge in [-0.25, -0.2) is 9.78 Å². The van der Waals surface area contributed by atoms with Gasteiger partial charge in [-0.1, -0.05) is 22.9 Å². The molecule has 0 aliphatic carbocycles. The first-order chi connectivity index (χ1) is 9.55. The Bertz CT molecular complexity index is 648. The molecule has 0 saturated heterocycles. The lowest BCUT2D eigenvalue weighted by Crippen LogP contribution is -1.98. The summed E-state index contributed by atoms with van der Waals surface area (Å²) in [5.74, 6) is 0.180. The van der Waals surface area contributed by atoms with E-state index >= 15 is 0 Å². The van der Waals surface area contributed by atoms with Gasteiger partial charge in [0.15, 0.2) is 15.2 Å². The summed E-state index contributed by atoms with van der Waals surface area (Å²) in [5, 5.41) is 3.68. The van der Waals surface area contributed by atoms with Gasteiger partial charge < -0.3 is 14.8 Å². The van der Waals surface area contributed by atoms with E-state index in [0.29, 0.717) is 10.9 Å². The second-order valence-corrected chi connectivity index (χ2v) is 5.82. The van der Waals surface area contributed by atoms with E-state index < -0.39 is 5.97 Å². The van der Waals surface area contributed by atoms with E-state index in [9.17, 15) is 4.79 Å². The Morgan fingerprint density at radius 3 is 2.85 bits per heavy atom. The summed E-state index contributed by atoms with van der Waals surface area (Å²) >= 11 is 10.4. The lowest BCUT2D eigenvalue weighted by molar-refractivity contribution is 0.0606. The minimum atomic E-state index is -0.506. The van der Waals surface area contributed by atoms with Crippen LogP contribution in [0.15, 0.2) is 22.7 Å². The first-order valence-corrected chi connectivity index (χ1v) is 7.39. The van der Waals surface area contributed by atoms with E-state index in [1.54, 1.807) is 13.2 Å². The second kappa shape index (κ2) is 6.43. The first-order valence-electron chi connectivity index (χ1n) is 5.40. The van der Waals surface area contributed by atoms with Crippen molar-refractivity contribution in [3.8, 4) is 5.75 Å². The summed E-state index contributed by atoms with van der Waals surface area (Å²) in [5.41, 5.74) is 0.770. The van der Waals surface area contributed by atoms with Crippen LogP contribution in [-0.2, 0) is 4.74 Å². The Morgan fingerprint density at radius 1 is 1.45 bits per heavy atom. The number of benzene rings is 1. The van der Waals surface area contributed by atoms with Crippen LogP contribution >= 0.6 is 38.9 Å². The van der Waals surface area contributed by atoms with Gasteiger partial charge in [0.25, 0.3) is 0 Å². The van der Waals surface area contributed by atoms with Crippen LogP contribution in [0.1, 0.15) is 9.67 Å². The van der Waals surface area contributed by atoms with E-state index in [1.807, 2.05) is 12.1 Å². The fourth-order valence-corrected chi connectivity index (χ4v) is 2.97. The molecule has 1 N–H and O–H groups in total. The highest BCUT2D eigenvalue weighted by Crippen LogP contribution is 2.32. The van der Waals surface area contributed by atoms with Crippen LogP contribution in [0.25, 0.3) is 0 Å². The zero-order chi connectivity index (χ0) is 14.7. The molecule has 0 fully saturated rings. The number of nitrogens with zero attached hydrogens (tertiary/aromatic N) is 1. The van der Waals surface area contributed by atoms with Crippen LogP contribution in [0.2, 0.25) is 5.15 Å². The van der Waals surface area contributed by atoms with Gasteiger partial charge in [-0.2, -0.15) is 0 Å². The van der Waals surface area contributed by atoms with E-state index in [4.69, 9.17) is 16.3 Å². The molecular formula is C12H10BrClN2O3S. The van der Waals surface area contributed by atoms with Crippen LogP contribution in [0.4, 0.5) is 10.8 Å². The number of halogens is 2. The van der Waals surface area contributed by atoms with Crippen molar-refractivity contribution in [1.29, 1.82) is 0 Å². The lowest BCUT2D eigenvalue weighted by Gasteiger charge is -2.07. The van der Waals surface area contributed by atoms with Gasteiger partial charge in [0, 0.05) is 11.8 Å². The maximum absolute atomic E-state index is 11.5. The third-order valence-electron chi connectivity index (χ3n) is 2.36. The third kappa shape index (κ3) is 3.23. The molecule has 0 bridgehead atoms. The number of methoxy groups -OCH3 is 2. The van der Waals surface area contributed by atoms with Gasteiger partial charge in [0.2, 0.25) is 0 Å². The molecule has 20 heavy (non-hydrogen) atoms. The van der Waals surface area contributed by atoms with Gasteiger partial charge in [0.05, 0.1) is 18.7 Å². The molecule has 0 atom stereocenters. The molecule has 0 amide bonds. The highest BCUT2D eigenvalue weighted by molar-refractivity contribution is 9.10. The molecule has 1 heterocycles. The molecule has 0 aliphatic heterocycles. The fourth-order valence-electron chi connectivity index (χ4n) is 1.43. The van der Waals surface area contributed by atoms with E-state index in [1.165, 1.54) is 7.11 Å². The fraction of sp³-hybridized carbons (Fsp3) is 0.167. The molecule has 0 spiro atoms. The number of hydrogen-bond acceptors (Lipinski definition) is 6. The normalized spacial score (nSPS) is 10.2. The number of aromatic nitrogens is 1. The zero-order valence-electron chi connectivity index (χ0n) is 10.6. The summed E-state index contributed by atoms with van der Waals surface area (Å²) in [7, 11) is 2.88. The number of esters is 1. The van der Waals surface area contributed by atoms with Crippen molar-refractivity contribution in [1.82, 2.24) is 4.98 Å². The predicted molar refractivity (Wildman–Crippen MR) is 82.4 cm³/mol. The van der Waals surface area contributed by atoms with Crippen molar-refractivity contribution >= 4 is 55.7 Å². The molecule has 2 aromatic rings. The van der Waals surface area contributed by atoms with Crippen LogP contribution in [0, 0.1) is 0 Å². The summed E-state index contributed by atoms with van der Waals surface area (Å²) in [6.45, 7) is 0. The quantitative estimate of drug-likeness (QED) is 0.813. The number of carbonyl (C=O) groups is 1. The minimum Gasteiger partial charge on any atom is -0.495 e. The SMILES string of the molecule is COC(=O)c1sc(Nc2ccc(Br)c(OC)c2)nc1Cl. The number of thiazole rings is 1. The minimum absolute atomic E-state index is 0.119. The summed E-state index contributed by atoms with van der Waals surface area (Å²) < 4.78 is 10.7. The Hall–Kier alpha value is -1.31. The van der Waals surface area contributed by atoms with Crippen LogP contribution in [-0.4, -0.2) is 25.2 Å². The van der Waals surface area contributed by atoms with Crippen molar-refractivity contribution in [2.75, 3.05) is 19.5 Å². The van der Waals surface area contributed by atoms with Crippen LogP contribution in [0.3, 0.4) is 0 Å². The average molecular weight is 378 g/mol. The number of ether oxygens (including phenoxy) is 2. The smallest absolute Gasteiger partial charge is 0.351 e. The topological polar surface area (TPSA) is 60.5 Å². The number of hydrogen-bond donors (Lipinski definition) is 1. The number of rotatable bonds is 4. The first kappa shape index (κ1) is 15.1. The monoisotopic (exact) mass is 376 g/mol. The van der Waals surface area contributed by atoms with Crippen molar-refractivity contribution in [2.45, 2.75) is 0 Å². The molecule has 0 unspecified atom stereocenters. The summed E-state index contributed by atoms with van der Waals surface area (Å²) in [6.07, 6.45) is 0. The maximum atomic E-state index is 11.5. The lowest BCUT2D eigenvalue weighted by atomic mass is 10.3. The van der Waals surface area contributed by atoms with Gasteiger partial charge in [-0.15, -0.1) is 0 Å². The molecule has 8 heteroatoms. The van der Waals surface area contributed by atoms with Gasteiger partial charge in [0.1, 0.15) is 5.75 Å². The van der Waals surface area contributed by atoms with Gasteiger partial charge in [-0.3, -0.25) is 0 Å². The molecular weight excluding hydrogens is 368 g/mol. The van der Waals surface area contributed by atoms with Crippen molar-refractivity contribution in [3.05, 3.63) is 32.7 Å². The zero-order valence-corrected chi connectivity index (χ0v) is 13.7. The molecule has 106 valence electrons. The molecule has 1 aromatic heterocycles. The van der Waals surface area contributed by atoms with E-state index in [2.05, 4.69) is 31.0 Å². The van der Waals surface area contributed by atoms with Crippen LogP contribution in [0.5, 0.6) is 5.75 Å². The molecule has 5 nitrogen and oxygen atoms in total. The van der Waals surface area contributed by atoms with Crippen molar-refractivity contribution in [2.24, 2.45) is 0 Å². The molecule has 0 radical (unpaired) electrons. The standard InChI is InChI=1S/C12H10BrClN2O3S/c1-18-8-5-6(3-4-7(8)13)15-12-16-10(14)9(20-12)11(17)19-2/h3-5H,1-2H3,(H,15,16). The number of carbonyl (C=O) groups excluding carboxylic acids is 1. The predicted octanol–water partition coefficient (Wildman–Crippen LogP) is 4.10. The van der Waals surface area contributed by atoms with Crippen LogP contribution < -0.4 is 10.1 Å². The summed E-state index contributed by atoms with van der Waals surface area (Å²) in [6, 6.07) is 5.49. The Labute approximate surface area is 133 Å². The highest BCUT2D eigenvalue weighted by atomic mass is 79.9. The van der Waals surface area contributed by atoms with Crippen molar-refractivity contribution in [3.63, 3.8) is 0 Å². The average Bonchev–Trinajstić information content (AvgIpc) is 2.80. The van der Waals surface area contributed by atoms with E-state index in [0.717, 1.165) is 21.5 Å². The molecule has 2 rings (SSSR count). The maximum Gasteiger partial charge on any atom is 0.351 e. The van der Waals surface area contributed by atoms with Crippen molar-refractivity contribution < 1.29 is 14.3 Å². The number of nitrogens with one attached hydrogen (secondary N) is 1. The van der Waals surface area contributed by atoms with Gasteiger partial charge in [-0.05, 0) is 28.1 Å². The summed E-state index contributed by atoms with van der Waals surface area (Å²) in [4.78, 5) is 15.8. The molecule has 0 saturated carbocycles. The molecule has 1 aromatic carbocycles. The van der Waals surface area contributed by atoms with Gasteiger partial charge >= 0.3 is 5.97 Å². The second-order valence-electron chi connectivity index (χ2n) is 3.60. The highest BCUT2D eigenvalue weighted by Gasteiger charge is 2.17. The number of anilines is 2. The Balaban J connectivity index is 2.24. The largest absolute Gasteiger partial charge is 0.495 e. The Morgan fingerprint density at radius 2 is 2.20 bits per heavy atom. The third-order valence-corrected chi connectivity index (χ3v) is 4.35.